The van der Waals surface area contributed by atoms with E-state index in [1.807, 2.05) is 0 Å². The predicted molar refractivity (Wildman–Crippen MR) is 149 cm³/mol. The third-order valence-corrected chi connectivity index (χ3v) is 4.91. The van der Waals surface area contributed by atoms with E-state index in [2.05, 4.69) is 20.1 Å². The molecule has 14 nitrogen and oxygen atoms in total. The van der Waals surface area contributed by atoms with E-state index in [1.54, 1.807) is 41.5 Å². The molecule has 0 fully saturated rings. The smallest absolute Gasteiger partial charge is 0.420 e. The van der Waals surface area contributed by atoms with E-state index in [1.165, 1.54) is 0 Å². The maximum atomic E-state index is 12.9. The van der Waals surface area contributed by atoms with Gasteiger partial charge >= 0.3 is 24.5 Å². The molecule has 0 aliphatic carbocycles. The summed E-state index contributed by atoms with van der Waals surface area (Å²) in [5.41, 5.74) is -7.18. The van der Waals surface area contributed by atoms with E-state index in [-0.39, 0.29) is 0 Å². The number of nitro benzene ring substituents is 2. The molecule has 2 aromatic carbocycles. The number of ether oxygens (including phenoxy) is 4. The van der Waals surface area contributed by atoms with E-state index in [9.17, 15) is 56.2 Å². The Morgan fingerprint density at radius 1 is 0.630 bits per heavy atom. The van der Waals surface area contributed by atoms with Gasteiger partial charge < -0.3 is 18.9 Å². The lowest BCUT2D eigenvalue weighted by Gasteiger charge is -2.20. The number of benzene rings is 2. The number of carbonyl (C=O) groups is 2. The van der Waals surface area contributed by atoms with Gasteiger partial charge in [0, 0.05) is 24.3 Å². The van der Waals surface area contributed by atoms with Gasteiger partial charge in [0.15, 0.2) is 0 Å². The number of alkyl halides is 6. The van der Waals surface area contributed by atoms with Gasteiger partial charge in [0.1, 0.15) is 45.2 Å². The van der Waals surface area contributed by atoms with E-state index < -0.39 is 91.0 Å². The molecule has 0 atom stereocenters. The predicted octanol–water partition coefficient (Wildman–Crippen LogP) is 7.94. The molecule has 0 radical (unpaired) electrons. The molecule has 0 heterocycles. The first-order chi connectivity index (χ1) is 20.7. The summed E-state index contributed by atoms with van der Waals surface area (Å²) in [4.78, 5) is 43.2. The van der Waals surface area contributed by atoms with Crippen molar-refractivity contribution < 1.29 is 64.7 Å². The molecule has 20 heteroatoms. The lowest BCUT2D eigenvalue weighted by molar-refractivity contribution is -0.384. The first kappa shape index (κ1) is 39.0. The fourth-order valence-electron chi connectivity index (χ4n) is 3.25. The zero-order chi connectivity index (χ0) is 36.0. The van der Waals surface area contributed by atoms with Gasteiger partial charge in [0.05, 0.1) is 24.1 Å². The van der Waals surface area contributed by atoms with Gasteiger partial charge in [-0.15, -0.1) is 0 Å². The minimum Gasteiger partial charge on any atom is -0.496 e. The lowest BCUT2D eigenvalue weighted by Crippen LogP contribution is -2.27. The zero-order valence-electron chi connectivity index (χ0n) is 25.6. The first-order valence-corrected chi connectivity index (χ1v) is 12.6. The van der Waals surface area contributed by atoms with Crippen LogP contribution in [0.4, 0.5) is 58.7 Å². The van der Waals surface area contributed by atoms with Crippen LogP contribution in [0.3, 0.4) is 0 Å². The Morgan fingerprint density at radius 2 is 0.913 bits per heavy atom. The number of anilines is 2. The molecule has 0 saturated heterocycles. The Kier molecular flexibility index (Phi) is 12.2. The monoisotopic (exact) mass is 672 g/mol. The van der Waals surface area contributed by atoms with Crippen molar-refractivity contribution in [2.45, 2.75) is 65.1 Å². The summed E-state index contributed by atoms with van der Waals surface area (Å²) in [6, 6.07) is 2.05. The summed E-state index contributed by atoms with van der Waals surface area (Å²) in [6.07, 6.45) is -11.8. The Labute approximate surface area is 257 Å². The van der Waals surface area contributed by atoms with Gasteiger partial charge in [0.25, 0.3) is 11.4 Å². The Bertz CT molecular complexity index is 1360. The van der Waals surface area contributed by atoms with Crippen LogP contribution in [0, 0.1) is 20.2 Å². The summed E-state index contributed by atoms with van der Waals surface area (Å²) in [5, 5.41) is 26.0. The first-order valence-electron chi connectivity index (χ1n) is 12.6. The van der Waals surface area contributed by atoms with Crippen molar-refractivity contribution in [1.29, 1.82) is 0 Å². The van der Waals surface area contributed by atoms with Crippen molar-refractivity contribution in [3.63, 3.8) is 0 Å². The van der Waals surface area contributed by atoms with E-state index in [0.717, 1.165) is 26.4 Å². The second kappa shape index (κ2) is 14.4. The maximum absolute atomic E-state index is 12.9. The van der Waals surface area contributed by atoms with Gasteiger partial charge in [-0.2, -0.15) is 26.3 Å². The molecule has 0 aromatic heterocycles. The van der Waals surface area contributed by atoms with E-state index >= 15 is 0 Å². The van der Waals surface area contributed by atoms with Crippen molar-refractivity contribution in [2.75, 3.05) is 24.9 Å². The van der Waals surface area contributed by atoms with Crippen LogP contribution in [-0.2, 0) is 21.8 Å². The minimum absolute atomic E-state index is 0.297. The van der Waals surface area contributed by atoms with Crippen molar-refractivity contribution in [3.8, 4) is 11.5 Å². The molecule has 2 rings (SSSR count). The third kappa shape index (κ3) is 11.8. The van der Waals surface area contributed by atoms with Crippen LogP contribution in [0.2, 0.25) is 0 Å². The van der Waals surface area contributed by atoms with Gasteiger partial charge in [0.2, 0.25) is 0 Å². The highest BCUT2D eigenvalue weighted by Gasteiger charge is 2.39. The van der Waals surface area contributed by atoms with E-state index in [0.29, 0.717) is 12.1 Å². The standard InChI is InChI=1S/2C13H15F3N2O5/c2*1-12(2,3)23-11(19)17-8-6-10(22-4)7(13(14,15)16)5-9(8)18(20)21/h2*5-6H,1-4H3,(H,17,19). The molecule has 2 aromatic rings. The van der Waals surface area contributed by atoms with Crippen molar-refractivity contribution >= 4 is 34.9 Å². The Morgan fingerprint density at radius 3 is 1.11 bits per heavy atom. The van der Waals surface area contributed by atoms with Crippen LogP contribution < -0.4 is 20.1 Å². The molecule has 46 heavy (non-hydrogen) atoms. The topological polar surface area (TPSA) is 181 Å². The number of rotatable bonds is 6. The number of methoxy groups -OCH3 is 2. The van der Waals surface area contributed by atoms with Crippen LogP contribution >= 0.6 is 0 Å². The number of nitrogens with one attached hydrogen (secondary N) is 2. The average Bonchev–Trinajstić information content (AvgIpc) is 2.84. The normalized spacial score (nSPS) is 11.8. The quantitative estimate of drug-likeness (QED) is 0.174. The Balaban J connectivity index is 0.000000460. The molecule has 0 aliphatic heterocycles. The highest BCUT2D eigenvalue weighted by atomic mass is 19.4. The average molecular weight is 673 g/mol. The highest BCUT2D eigenvalue weighted by molar-refractivity contribution is 5.89. The molecule has 0 spiro atoms. The second-order valence-electron chi connectivity index (χ2n) is 10.9. The van der Waals surface area contributed by atoms with Crippen LogP contribution in [0.5, 0.6) is 11.5 Å². The zero-order valence-corrected chi connectivity index (χ0v) is 25.6. The Hall–Kier alpha value is -5.04. The summed E-state index contributed by atoms with van der Waals surface area (Å²) in [6.45, 7) is 9.38. The van der Waals surface area contributed by atoms with Gasteiger partial charge in [-0.1, -0.05) is 0 Å². The SMILES string of the molecule is COc1cc(NC(=O)OC(C)(C)C)c([N+](=O)[O-])cc1C(F)(F)F.COc1cc(NC(=O)OC(C)(C)C)c([N+](=O)[O-])cc1C(F)(F)F. The van der Waals surface area contributed by atoms with Crippen LogP contribution in [0.1, 0.15) is 52.7 Å². The highest BCUT2D eigenvalue weighted by Crippen LogP contribution is 2.43. The van der Waals surface area contributed by atoms with Gasteiger partial charge in [-0.05, 0) is 41.5 Å². The summed E-state index contributed by atoms with van der Waals surface area (Å²) >= 11 is 0. The van der Waals surface area contributed by atoms with Crippen molar-refractivity contribution in [2.24, 2.45) is 0 Å². The molecular formula is C26H30F6N4O10. The van der Waals surface area contributed by atoms with Crippen molar-refractivity contribution in [1.82, 2.24) is 0 Å². The van der Waals surface area contributed by atoms with Crippen LogP contribution in [0.15, 0.2) is 24.3 Å². The minimum atomic E-state index is -4.85. The number of hydrogen-bond acceptors (Lipinski definition) is 10. The van der Waals surface area contributed by atoms with Gasteiger partial charge in [-0.3, -0.25) is 30.9 Å². The number of nitrogens with zero attached hydrogens (tertiary/aromatic N) is 2. The number of amides is 2. The maximum Gasteiger partial charge on any atom is 0.420 e. The largest absolute Gasteiger partial charge is 0.496 e. The molecule has 0 saturated carbocycles. The fraction of sp³-hybridized carbons (Fsp3) is 0.462. The number of halogens is 6. The molecular weight excluding hydrogens is 642 g/mol. The van der Waals surface area contributed by atoms with Gasteiger partial charge in [-0.25, -0.2) is 9.59 Å². The molecule has 0 aliphatic rings. The summed E-state index contributed by atoms with van der Waals surface area (Å²) < 4.78 is 96.3. The number of hydrogen-bond donors (Lipinski definition) is 2. The fourth-order valence-corrected chi connectivity index (χ4v) is 3.25. The number of nitro groups is 2. The van der Waals surface area contributed by atoms with Crippen LogP contribution in [-0.4, -0.2) is 47.5 Å². The molecule has 0 bridgehead atoms. The molecule has 0 unspecified atom stereocenters. The molecule has 2 amide bonds. The van der Waals surface area contributed by atoms with Crippen molar-refractivity contribution in [3.05, 3.63) is 55.6 Å². The van der Waals surface area contributed by atoms with E-state index in [4.69, 9.17) is 9.47 Å². The summed E-state index contributed by atoms with van der Waals surface area (Å²) in [7, 11) is 1.96. The molecule has 256 valence electrons. The summed E-state index contributed by atoms with van der Waals surface area (Å²) in [5.74, 6) is -1.32. The number of carbonyl (C=O) groups excluding carboxylic acids is 2. The third-order valence-electron chi connectivity index (χ3n) is 4.91. The van der Waals surface area contributed by atoms with Crippen LogP contribution in [0.25, 0.3) is 0 Å². The second-order valence-corrected chi connectivity index (χ2v) is 10.9. The lowest BCUT2D eigenvalue weighted by atomic mass is 10.1. The molecule has 2 N–H and O–H groups in total.